The minimum Gasteiger partial charge on any atom is -0.289 e. The molecule has 1 aromatic heterocycles. The van der Waals surface area contributed by atoms with E-state index in [1.165, 1.54) is 0 Å². The lowest BCUT2D eigenvalue weighted by molar-refractivity contribution is 0.103. The van der Waals surface area contributed by atoms with Crippen LogP contribution in [0.4, 0.5) is 0 Å². The number of carbonyl (C=O) groups excluding carboxylic acids is 1. The fourth-order valence-electron chi connectivity index (χ4n) is 1.71. The maximum Gasteiger partial charge on any atom is 0.194 e. The fraction of sp³-hybridized carbons (Fsp3) is 0.143. The predicted octanol–water partition coefficient (Wildman–Crippen LogP) is 3.58. The van der Waals surface area contributed by atoms with E-state index in [0.29, 0.717) is 16.1 Å². The fourth-order valence-corrected chi connectivity index (χ4v) is 1.90. The normalized spacial score (nSPS) is 10.3. The first-order valence-electron chi connectivity index (χ1n) is 5.32. The topological polar surface area (TPSA) is 30.0 Å². The molecular formula is C14H12ClNO. The Balaban J connectivity index is 2.44. The Morgan fingerprint density at radius 1 is 1.18 bits per heavy atom. The number of aromatic nitrogens is 1. The molecule has 0 aliphatic carbocycles. The zero-order valence-corrected chi connectivity index (χ0v) is 10.5. The molecule has 0 spiro atoms. The second kappa shape index (κ2) is 4.68. The quantitative estimate of drug-likeness (QED) is 0.757. The second-order valence-electron chi connectivity index (χ2n) is 3.93. The molecule has 0 atom stereocenters. The zero-order chi connectivity index (χ0) is 12.4. The summed E-state index contributed by atoms with van der Waals surface area (Å²) >= 11 is 5.87. The summed E-state index contributed by atoms with van der Waals surface area (Å²) in [5.74, 6) is -0.0440. The van der Waals surface area contributed by atoms with Gasteiger partial charge in [-0.25, -0.2) is 0 Å². The summed E-state index contributed by atoms with van der Waals surface area (Å²) < 4.78 is 0. The highest BCUT2D eigenvalue weighted by Gasteiger charge is 2.12. The van der Waals surface area contributed by atoms with Crippen LogP contribution in [0.1, 0.15) is 27.3 Å². The molecule has 0 unspecified atom stereocenters. The van der Waals surface area contributed by atoms with Gasteiger partial charge in [0.05, 0.1) is 0 Å². The van der Waals surface area contributed by atoms with Crippen molar-refractivity contribution in [3.05, 3.63) is 63.9 Å². The van der Waals surface area contributed by atoms with Crippen molar-refractivity contribution in [1.82, 2.24) is 4.98 Å². The molecule has 0 N–H and O–H groups in total. The van der Waals surface area contributed by atoms with Gasteiger partial charge in [0.2, 0.25) is 0 Å². The van der Waals surface area contributed by atoms with E-state index >= 15 is 0 Å². The first kappa shape index (κ1) is 11.8. The van der Waals surface area contributed by atoms with Crippen LogP contribution in [0.2, 0.25) is 5.02 Å². The van der Waals surface area contributed by atoms with E-state index in [-0.39, 0.29) is 5.78 Å². The van der Waals surface area contributed by atoms with Crippen molar-refractivity contribution in [3.63, 3.8) is 0 Å². The maximum absolute atomic E-state index is 12.2. The van der Waals surface area contributed by atoms with E-state index in [4.69, 9.17) is 11.6 Å². The summed E-state index contributed by atoms with van der Waals surface area (Å²) in [6, 6.07) is 10.6. The molecule has 2 rings (SSSR count). The number of pyridine rings is 1. The number of hydrogen-bond acceptors (Lipinski definition) is 2. The monoisotopic (exact) mass is 245 g/mol. The van der Waals surface area contributed by atoms with Crippen molar-refractivity contribution in [2.24, 2.45) is 0 Å². The number of ketones is 1. The molecule has 2 nitrogen and oxygen atoms in total. The summed E-state index contributed by atoms with van der Waals surface area (Å²) in [5, 5.41) is 0.563. The molecule has 1 aromatic carbocycles. The van der Waals surface area contributed by atoms with Crippen molar-refractivity contribution >= 4 is 17.4 Å². The van der Waals surface area contributed by atoms with Crippen molar-refractivity contribution in [1.29, 1.82) is 0 Å². The third-order valence-corrected chi connectivity index (χ3v) is 2.79. The average molecular weight is 246 g/mol. The minimum atomic E-state index is -0.0440. The summed E-state index contributed by atoms with van der Waals surface area (Å²) in [6.45, 7) is 3.74. The third kappa shape index (κ3) is 2.53. The first-order chi connectivity index (χ1) is 8.08. The SMILES string of the molecule is Cc1ccc(C(=O)c2cccc(Cl)c2)c(C)n1. The van der Waals surface area contributed by atoms with Crippen LogP contribution >= 0.6 is 11.6 Å². The second-order valence-corrected chi connectivity index (χ2v) is 4.36. The lowest BCUT2D eigenvalue weighted by Gasteiger charge is -2.05. The molecule has 86 valence electrons. The Labute approximate surface area is 105 Å². The molecule has 0 saturated carbocycles. The lowest BCUT2D eigenvalue weighted by Crippen LogP contribution is -2.05. The van der Waals surface area contributed by atoms with Crippen LogP contribution in [0.3, 0.4) is 0 Å². The van der Waals surface area contributed by atoms with Crippen LogP contribution in [0.15, 0.2) is 36.4 Å². The van der Waals surface area contributed by atoms with Gasteiger partial charge in [0.25, 0.3) is 0 Å². The Kier molecular flexibility index (Phi) is 3.25. The predicted molar refractivity (Wildman–Crippen MR) is 68.6 cm³/mol. The van der Waals surface area contributed by atoms with Gasteiger partial charge in [-0.3, -0.25) is 9.78 Å². The molecule has 0 saturated heterocycles. The van der Waals surface area contributed by atoms with Gasteiger partial charge < -0.3 is 0 Å². The minimum absolute atomic E-state index is 0.0440. The smallest absolute Gasteiger partial charge is 0.194 e. The largest absolute Gasteiger partial charge is 0.289 e. The third-order valence-electron chi connectivity index (χ3n) is 2.56. The van der Waals surface area contributed by atoms with Gasteiger partial charge in [0, 0.05) is 27.5 Å². The van der Waals surface area contributed by atoms with Crippen molar-refractivity contribution in [2.45, 2.75) is 13.8 Å². The van der Waals surface area contributed by atoms with Crippen LogP contribution in [0, 0.1) is 13.8 Å². The molecule has 0 fully saturated rings. The number of carbonyl (C=O) groups is 1. The van der Waals surface area contributed by atoms with Gasteiger partial charge in [-0.1, -0.05) is 23.7 Å². The van der Waals surface area contributed by atoms with Gasteiger partial charge >= 0.3 is 0 Å². The van der Waals surface area contributed by atoms with Crippen LogP contribution in [-0.2, 0) is 0 Å². The lowest BCUT2D eigenvalue weighted by atomic mass is 10.0. The number of benzene rings is 1. The average Bonchev–Trinajstić information content (AvgIpc) is 2.28. The summed E-state index contributed by atoms with van der Waals surface area (Å²) in [7, 11) is 0. The van der Waals surface area contributed by atoms with Gasteiger partial charge in [-0.2, -0.15) is 0 Å². The number of nitrogens with zero attached hydrogens (tertiary/aromatic N) is 1. The molecule has 0 amide bonds. The van der Waals surface area contributed by atoms with Gasteiger partial charge in [-0.05, 0) is 38.1 Å². The Bertz CT molecular complexity index is 578. The number of aryl methyl sites for hydroxylation is 2. The number of halogens is 1. The van der Waals surface area contributed by atoms with Crippen LogP contribution in [0.5, 0.6) is 0 Å². The van der Waals surface area contributed by atoms with Gasteiger partial charge in [0.15, 0.2) is 5.78 Å². The van der Waals surface area contributed by atoms with E-state index < -0.39 is 0 Å². The molecule has 0 aliphatic heterocycles. The van der Waals surface area contributed by atoms with Gasteiger partial charge in [-0.15, -0.1) is 0 Å². The Morgan fingerprint density at radius 2 is 1.94 bits per heavy atom. The Hall–Kier alpha value is -1.67. The van der Waals surface area contributed by atoms with E-state index in [1.807, 2.05) is 19.9 Å². The number of hydrogen-bond donors (Lipinski definition) is 0. The first-order valence-corrected chi connectivity index (χ1v) is 5.70. The molecule has 3 heteroatoms. The van der Waals surface area contributed by atoms with Crippen LogP contribution < -0.4 is 0 Å². The summed E-state index contributed by atoms with van der Waals surface area (Å²) in [4.78, 5) is 16.5. The molecular weight excluding hydrogens is 234 g/mol. The van der Waals surface area contributed by atoms with Crippen molar-refractivity contribution in [3.8, 4) is 0 Å². The summed E-state index contributed by atoms with van der Waals surface area (Å²) in [5.41, 5.74) is 2.87. The van der Waals surface area contributed by atoms with Crippen LogP contribution in [-0.4, -0.2) is 10.8 Å². The number of rotatable bonds is 2. The highest BCUT2D eigenvalue weighted by atomic mass is 35.5. The molecule has 17 heavy (non-hydrogen) atoms. The molecule has 0 radical (unpaired) electrons. The molecule has 1 heterocycles. The van der Waals surface area contributed by atoms with E-state index in [2.05, 4.69) is 4.98 Å². The van der Waals surface area contributed by atoms with E-state index in [0.717, 1.165) is 11.4 Å². The highest BCUT2D eigenvalue weighted by Crippen LogP contribution is 2.16. The Morgan fingerprint density at radius 3 is 2.59 bits per heavy atom. The molecule has 0 bridgehead atoms. The van der Waals surface area contributed by atoms with E-state index in [9.17, 15) is 4.79 Å². The molecule has 0 aliphatic rings. The maximum atomic E-state index is 12.2. The van der Waals surface area contributed by atoms with Crippen molar-refractivity contribution < 1.29 is 4.79 Å². The van der Waals surface area contributed by atoms with Crippen LogP contribution in [0.25, 0.3) is 0 Å². The van der Waals surface area contributed by atoms with E-state index in [1.54, 1.807) is 30.3 Å². The molecule has 2 aromatic rings. The highest BCUT2D eigenvalue weighted by molar-refractivity contribution is 6.31. The zero-order valence-electron chi connectivity index (χ0n) is 9.70. The van der Waals surface area contributed by atoms with Gasteiger partial charge in [0.1, 0.15) is 0 Å². The van der Waals surface area contributed by atoms with Crippen molar-refractivity contribution in [2.75, 3.05) is 0 Å². The summed E-state index contributed by atoms with van der Waals surface area (Å²) in [6.07, 6.45) is 0. The standard InChI is InChI=1S/C14H12ClNO/c1-9-6-7-13(10(2)16-9)14(17)11-4-3-5-12(15)8-11/h3-8H,1-2H3.